The Morgan fingerprint density at radius 1 is 0.923 bits per heavy atom. The minimum Gasteiger partial charge on any atom is -0.460 e. The van der Waals surface area contributed by atoms with Crippen molar-refractivity contribution in [3.8, 4) is 0 Å². The third kappa shape index (κ3) is 3.96. The van der Waals surface area contributed by atoms with Crippen LogP contribution in [-0.2, 0) is 4.12 Å². The van der Waals surface area contributed by atoms with Gasteiger partial charge in [0, 0.05) is 0 Å². The Morgan fingerprint density at radius 2 is 1.31 bits per heavy atom. The van der Waals surface area contributed by atoms with Gasteiger partial charge in [-0.1, -0.05) is 41.5 Å². The van der Waals surface area contributed by atoms with Crippen molar-refractivity contribution >= 4 is 18.1 Å². The van der Waals surface area contributed by atoms with Crippen LogP contribution in [0.3, 0.4) is 0 Å². The van der Waals surface area contributed by atoms with Gasteiger partial charge in [0.1, 0.15) is 9.76 Å². The van der Waals surface area contributed by atoms with Crippen LogP contribution in [0.4, 0.5) is 0 Å². The summed E-state index contributed by atoms with van der Waals surface area (Å²) in [6.07, 6.45) is 0. The second kappa shape index (κ2) is 5.32. The average Bonchev–Trinajstić information content (AvgIpc) is 1.99. The highest BCUT2D eigenvalue weighted by molar-refractivity contribution is 6.78. The molecule has 0 amide bonds. The van der Waals surface area contributed by atoms with Crippen molar-refractivity contribution in [2.24, 2.45) is 0 Å². The van der Waals surface area contributed by atoms with Crippen LogP contribution in [0, 0.1) is 0 Å². The molecule has 0 aromatic rings. The molecule has 0 aromatic heterocycles. The summed E-state index contributed by atoms with van der Waals surface area (Å²) in [4.78, 5) is 0. The van der Waals surface area contributed by atoms with Crippen LogP contribution in [0.1, 0.15) is 41.5 Å². The highest BCUT2D eigenvalue weighted by atomic mass is 28.4. The number of rotatable bonds is 5. The lowest BCUT2D eigenvalue weighted by Gasteiger charge is -2.36. The molecule has 0 N–H and O–H groups in total. The first-order valence-corrected chi connectivity index (χ1v) is 9.40. The van der Waals surface area contributed by atoms with Gasteiger partial charge in [-0.3, -0.25) is 0 Å². The molecular weight excluding hydrogens is 192 g/mol. The smallest absolute Gasteiger partial charge is 0.181 e. The van der Waals surface area contributed by atoms with Gasteiger partial charge in [-0.2, -0.15) is 0 Å². The summed E-state index contributed by atoms with van der Waals surface area (Å²) in [5.74, 6) is 0. The van der Waals surface area contributed by atoms with Gasteiger partial charge >= 0.3 is 0 Å². The standard InChI is InChI=1S/C10H26OSi2/c1-8(2)12-11-13(7,9(3)4)10(5)6/h8-10H,12H2,1-7H3. The van der Waals surface area contributed by atoms with E-state index in [9.17, 15) is 0 Å². The minimum atomic E-state index is -1.41. The van der Waals surface area contributed by atoms with E-state index < -0.39 is 8.32 Å². The largest absolute Gasteiger partial charge is 0.460 e. The molecule has 0 heterocycles. The summed E-state index contributed by atoms with van der Waals surface area (Å²) < 4.78 is 6.29. The topological polar surface area (TPSA) is 9.23 Å². The lowest BCUT2D eigenvalue weighted by molar-refractivity contribution is 0.527. The molecule has 13 heavy (non-hydrogen) atoms. The van der Waals surface area contributed by atoms with Gasteiger partial charge in [0.05, 0.1) is 0 Å². The summed E-state index contributed by atoms with van der Waals surface area (Å²) in [7, 11) is -1.69. The van der Waals surface area contributed by atoms with Crippen molar-refractivity contribution in [3.05, 3.63) is 0 Å². The second-order valence-corrected chi connectivity index (χ2v) is 13.0. The van der Waals surface area contributed by atoms with Crippen LogP contribution < -0.4 is 0 Å². The monoisotopic (exact) mass is 218 g/mol. The molecule has 0 radical (unpaired) electrons. The van der Waals surface area contributed by atoms with Crippen molar-refractivity contribution in [1.82, 2.24) is 0 Å². The normalized spacial score (nSPS) is 14.3. The molecule has 0 bridgehead atoms. The molecule has 0 aliphatic heterocycles. The molecule has 0 aromatic carbocycles. The molecule has 80 valence electrons. The zero-order valence-electron chi connectivity index (χ0n) is 10.3. The molecule has 0 saturated heterocycles. The zero-order valence-corrected chi connectivity index (χ0v) is 12.8. The summed E-state index contributed by atoms with van der Waals surface area (Å²) in [6.45, 7) is 16.2. The molecule has 0 atom stereocenters. The van der Waals surface area contributed by atoms with Crippen molar-refractivity contribution in [2.45, 2.75) is 64.7 Å². The summed E-state index contributed by atoms with van der Waals surface area (Å²) in [5.41, 5.74) is 2.29. The summed E-state index contributed by atoms with van der Waals surface area (Å²) >= 11 is 0. The molecule has 0 saturated carbocycles. The molecular formula is C10H26OSi2. The van der Waals surface area contributed by atoms with Gasteiger partial charge in [0.25, 0.3) is 0 Å². The first-order valence-electron chi connectivity index (χ1n) is 5.44. The maximum Gasteiger partial charge on any atom is 0.181 e. The van der Waals surface area contributed by atoms with Crippen molar-refractivity contribution < 1.29 is 4.12 Å². The first-order chi connectivity index (χ1) is 5.80. The summed E-state index contributed by atoms with van der Waals surface area (Å²) in [6, 6.07) is 0. The van der Waals surface area contributed by atoms with Gasteiger partial charge in [-0.15, -0.1) is 0 Å². The van der Waals surface area contributed by atoms with E-state index in [1.807, 2.05) is 0 Å². The quantitative estimate of drug-likeness (QED) is 0.643. The predicted octanol–water partition coefficient (Wildman–Crippen LogP) is 3.31. The van der Waals surface area contributed by atoms with Crippen molar-refractivity contribution in [1.29, 1.82) is 0 Å². The Labute approximate surface area is 87.3 Å². The van der Waals surface area contributed by atoms with Crippen LogP contribution in [0.5, 0.6) is 0 Å². The third-order valence-corrected chi connectivity index (χ3v) is 11.4. The number of hydrogen-bond donors (Lipinski definition) is 0. The van der Waals surface area contributed by atoms with Gasteiger partial charge < -0.3 is 4.12 Å². The minimum absolute atomic E-state index is 0.282. The van der Waals surface area contributed by atoms with E-state index in [1.165, 1.54) is 0 Å². The van der Waals surface area contributed by atoms with Crippen molar-refractivity contribution in [3.63, 3.8) is 0 Å². The zero-order chi connectivity index (χ0) is 10.6. The van der Waals surface area contributed by atoms with E-state index in [0.29, 0.717) is 0 Å². The maximum absolute atomic E-state index is 6.29. The van der Waals surface area contributed by atoms with Crippen LogP contribution in [0.25, 0.3) is 0 Å². The lowest BCUT2D eigenvalue weighted by Crippen LogP contribution is -2.42. The third-order valence-electron chi connectivity index (χ3n) is 3.02. The number of hydrogen-bond acceptors (Lipinski definition) is 1. The Kier molecular flexibility index (Phi) is 5.48. The van der Waals surface area contributed by atoms with E-state index in [-0.39, 0.29) is 9.76 Å². The van der Waals surface area contributed by atoms with E-state index in [1.54, 1.807) is 0 Å². The maximum atomic E-state index is 6.29. The highest BCUT2D eigenvalue weighted by Crippen LogP contribution is 2.33. The molecule has 0 rings (SSSR count). The fourth-order valence-corrected chi connectivity index (χ4v) is 8.12. The van der Waals surface area contributed by atoms with Crippen LogP contribution in [-0.4, -0.2) is 18.1 Å². The van der Waals surface area contributed by atoms with E-state index >= 15 is 0 Å². The predicted molar refractivity (Wildman–Crippen MR) is 66.5 cm³/mol. The molecule has 0 fully saturated rings. The molecule has 0 aliphatic rings. The lowest BCUT2D eigenvalue weighted by atomic mass is 10.5. The molecule has 0 spiro atoms. The first kappa shape index (κ1) is 13.4. The van der Waals surface area contributed by atoms with Crippen LogP contribution in [0.2, 0.25) is 23.2 Å². The Morgan fingerprint density at radius 3 is 1.54 bits per heavy atom. The van der Waals surface area contributed by atoms with Gasteiger partial charge in [-0.05, 0) is 23.2 Å². The Balaban J connectivity index is 4.25. The summed E-state index contributed by atoms with van der Waals surface area (Å²) in [5, 5.41) is 0. The molecule has 3 heteroatoms. The second-order valence-electron chi connectivity index (χ2n) is 5.20. The highest BCUT2D eigenvalue weighted by Gasteiger charge is 2.36. The van der Waals surface area contributed by atoms with E-state index in [2.05, 4.69) is 48.1 Å². The van der Waals surface area contributed by atoms with Gasteiger partial charge in [0.15, 0.2) is 8.32 Å². The molecule has 0 aliphatic carbocycles. The van der Waals surface area contributed by atoms with Gasteiger partial charge in [0.2, 0.25) is 0 Å². The average molecular weight is 218 g/mol. The Bertz CT molecular complexity index is 136. The Hall–Kier alpha value is 0.394. The van der Waals surface area contributed by atoms with Crippen LogP contribution >= 0.6 is 0 Å². The van der Waals surface area contributed by atoms with E-state index in [0.717, 1.165) is 16.6 Å². The van der Waals surface area contributed by atoms with Crippen molar-refractivity contribution in [2.75, 3.05) is 0 Å². The molecule has 0 unspecified atom stereocenters. The molecule has 1 nitrogen and oxygen atoms in total. The fraction of sp³-hybridized carbons (Fsp3) is 1.00. The SMILES string of the molecule is CC(C)[SiH2]O[Si](C)(C(C)C)C(C)C. The van der Waals surface area contributed by atoms with Gasteiger partial charge in [-0.25, -0.2) is 0 Å². The fourth-order valence-electron chi connectivity index (χ4n) is 1.35. The van der Waals surface area contributed by atoms with E-state index in [4.69, 9.17) is 4.12 Å². The van der Waals surface area contributed by atoms with Crippen LogP contribution in [0.15, 0.2) is 0 Å².